The van der Waals surface area contributed by atoms with Gasteiger partial charge in [0, 0.05) is 43.2 Å². The first-order valence-electron chi connectivity index (χ1n) is 14.1. The van der Waals surface area contributed by atoms with Crippen molar-refractivity contribution < 1.29 is 19.1 Å². The lowest BCUT2D eigenvalue weighted by atomic mass is 9.76. The number of anilines is 2. The maximum atomic E-state index is 14.0. The van der Waals surface area contributed by atoms with Crippen LogP contribution in [0.15, 0.2) is 54.9 Å². The van der Waals surface area contributed by atoms with Crippen molar-refractivity contribution in [3.8, 4) is 5.75 Å². The monoisotopic (exact) mass is 542 g/mol. The zero-order valence-electron chi connectivity index (χ0n) is 22.6. The summed E-state index contributed by atoms with van der Waals surface area (Å²) in [6.45, 7) is 2.87. The summed E-state index contributed by atoms with van der Waals surface area (Å²) in [6, 6.07) is 12.5. The number of pyridine rings is 1. The van der Waals surface area contributed by atoms with Crippen molar-refractivity contribution in [2.75, 3.05) is 36.5 Å². The van der Waals surface area contributed by atoms with Gasteiger partial charge in [0.15, 0.2) is 0 Å². The number of morpholine rings is 1. The van der Waals surface area contributed by atoms with Crippen LogP contribution in [0.25, 0.3) is 0 Å². The maximum absolute atomic E-state index is 14.0. The third-order valence-electron chi connectivity index (χ3n) is 9.13. The predicted octanol–water partition coefficient (Wildman–Crippen LogP) is 3.27. The second-order valence-corrected chi connectivity index (χ2v) is 11.7. The number of carbonyl (C=O) groups is 2. The Morgan fingerprint density at radius 3 is 2.65 bits per heavy atom. The van der Waals surface area contributed by atoms with Gasteiger partial charge in [0.2, 0.25) is 5.91 Å². The van der Waals surface area contributed by atoms with Crippen LogP contribution in [-0.2, 0) is 16.6 Å². The lowest BCUT2D eigenvalue weighted by Crippen LogP contribution is -2.56. The molecule has 4 aliphatic rings. The second-order valence-electron chi connectivity index (χ2n) is 11.7. The van der Waals surface area contributed by atoms with Crippen molar-refractivity contribution in [1.82, 2.24) is 20.1 Å². The van der Waals surface area contributed by atoms with Gasteiger partial charge < -0.3 is 25.0 Å². The molecule has 7 rings (SSSR count). The van der Waals surface area contributed by atoms with Crippen LogP contribution in [0.2, 0.25) is 0 Å². The van der Waals surface area contributed by atoms with Crippen LogP contribution in [0.1, 0.15) is 54.1 Å². The molecule has 0 radical (unpaired) electrons. The van der Waals surface area contributed by atoms with Crippen LogP contribution < -0.4 is 20.3 Å². The fraction of sp³-hybridized carbons (Fsp3) is 0.467. The molecule has 3 aromatic rings. The Labute approximate surface area is 233 Å². The first-order chi connectivity index (χ1) is 19.5. The summed E-state index contributed by atoms with van der Waals surface area (Å²) < 4.78 is 13.7. The lowest BCUT2D eigenvalue weighted by Gasteiger charge is -2.48. The molecule has 2 aromatic heterocycles. The summed E-state index contributed by atoms with van der Waals surface area (Å²) in [5, 5.41) is 10.2. The van der Waals surface area contributed by atoms with Crippen molar-refractivity contribution in [1.29, 1.82) is 0 Å². The molecular formula is C30H34N6O4. The van der Waals surface area contributed by atoms with Gasteiger partial charge in [0.05, 0.1) is 30.7 Å². The molecule has 2 aliphatic heterocycles. The lowest BCUT2D eigenvalue weighted by molar-refractivity contribution is -0.119. The molecule has 1 aromatic carbocycles. The molecular weight excluding hydrogens is 508 g/mol. The number of fused-ring (bicyclic) bond motifs is 1. The van der Waals surface area contributed by atoms with Gasteiger partial charge in [-0.3, -0.25) is 14.3 Å². The molecule has 1 unspecified atom stereocenters. The van der Waals surface area contributed by atoms with Crippen molar-refractivity contribution in [2.45, 2.75) is 49.7 Å². The molecule has 40 heavy (non-hydrogen) atoms. The Morgan fingerprint density at radius 2 is 1.95 bits per heavy atom. The molecule has 10 heteroatoms. The van der Waals surface area contributed by atoms with Gasteiger partial charge in [0.25, 0.3) is 5.91 Å². The smallest absolute Gasteiger partial charge is 0.270 e. The number of hydrogen-bond donors (Lipinski definition) is 2. The number of ether oxygens (including phenoxy) is 2. The van der Waals surface area contributed by atoms with Gasteiger partial charge in [-0.15, -0.1) is 0 Å². The average Bonchev–Trinajstić information content (AvgIpc) is 3.59. The Kier molecular flexibility index (Phi) is 6.03. The van der Waals surface area contributed by atoms with E-state index in [1.165, 1.54) is 11.1 Å². The number of nitrogens with zero attached hydrogens (tertiary/aromatic N) is 4. The number of para-hydroxylation sites is 1. The fourth-order valence-electron chi connectivity index (χ4n) is 6.55. The minimum absolute atomic E-state index is 0.0229. The molecule has 2 spiro atoms. The number of aromatic nitrogens is 3. The van der Waals surface area contributed by atoms with E-state index in [9.17, 15) is 9.59 Å². The summed E-state index contributed by atoms with van der Waals surface area (Å²) >= 11 is 0. The number of carbonyl (C=O) groups excluding carboxylic acids is 2. The van der Waals surface area contributed by atoms with E-state index in [2.05, 4.69) is 25.6 Å². The van der Waals surface area contributed by atoms with E-state index in [4.69, 9.17) is 9.47 Å². The Hall–Kier alpha value is -3.92. The standard InChI is InChI=1S/C30H34N6O4/c1-35-22(9-14-32-35)27(37)34-26(25-21-5-2-3-6-23(21)39-19-29(25)12-13-29)28(38)33-20-7-8-24(31-17-20)36-15-16-40-30(18-36)10-4-11-30/h2-3,5-9,14,17,25-26H,4,10-13,15-16,18-19H2,1H3,(H,33,38)(H,34,37)/t25?,26-/m0/s1. The minimum atomic E-state index is -0.813. The third-order valence-corrected chi connectivity index (χ3v) is 9.13. The van der Waals surface area contributed by atoms with Crippen molar-refractivity contribution in [3.63, 3.8) is 0 Å². The van der Waals surface area contributed by atoms with Gasteiger partial charge in [-0.1, -0.05) is 18.2 Å². The van der Waals surface area contributed by atoms with E-state index < -0.39 is 6.04 Å². The molecule has 4 heterocycles. The van der Waals surface area contributed by atoms with E-state index in [0.717, 1.165) is 55.9 Å². The Morgan fingerprint density at radius 1 is 1.10 bits per heavy atom. The molecule has 208 valence electrons. The first kappa shape index (κ1) is 25.1. The number of aryl methyl sites for hydroxylation is 1. The van der Waals surface area contributed by atoms with Crippen LogP contribution in [-0.4, -0.2) is 64.5 Å². The minimum Gasteiger partial charge on any atom is -0.493 e. The highest BCUT2D eigenvalue weighted by Crippen LogP contribution is 2.61. The van der Waals surface area contributed by atoms with Gasteiger partial charge in [-0.2, -0.15) is 5.10 Å². The van der Waals surface area contributed by atoms with Crippen molar-refractivity contribution >= 4 is 23.3 Å². The maximum Gasteiger partial charge on any atom is 0.270 e. The van der Waals surface area contributed by atoms with Gasteiger partial charge in [-0.05, 0) is 56.4 Å². The van der Waals surface area contributed by atoms with E-state index in [-0.39, 0.29) is 28.7 Å². The zero-order valence-corrected chi connectivity index (χ0v) is 22.6. The molecule has 2 amide bonds. The largest absolute Gasteiger partial charge is 0.493 e. The Bertz CT molecular complexity index is 1430. The molecule has 2 saturated carbocycles. The normalized spacial score (nSPS) is 22.5. The van der Waals surface area contributed by atoms with E-state index in [1.807, 2.05) is 36.4 Å². The predicted molar refractivity (Wildman–Crippen MR) is 148 cm³/mol. The number of amides is 2. The number of hydrogen-bond acceptors (Lipinski definition) is 7. The van der Waals surface area contributed by atoms with Crippen LogP contribution >= 0.6 is 0 Å². The SMILES string of the molecule is Cn1nccc1C(=O)N[C@H](C(=O)Nc1ccc(N2CCOC3(CCC3)C2)nc1)C1c2ccccc2OCC12CC2. The number of nitrogens with one attached hydrogen (secondary N) is 2. The summed E-state index contributed by atoms with van der Waals surface area (Å²) in [7, 11) is 1.71. The van der Waals surface area contributed by atoms with E-state index in [0.29, 0.717) is 24.6 Å². The zero-order chi connectivity index (χ0) is 27.3. The van der Waals surface area contributed by atoms with Crippen LogP contribution in [0, 0.1) is 5.41 Å². The first-order valence-corrected chi connectivity index (χ1v) is 14.1. The fourth-order valence-corrected chi connectivity index (χ4v) is 6.55. The molecule has 10 nitrogen and oxygen atoms in total. The van der Waals surface area contributed by atoms with Crippen LogP contribution in [0.4, 0.5) is 11.5 Å². The quantitative estimate of drug-likeness (QED) is 0.492. The second kappa shape index (κ2) is 9.62. The van der Waals surface area contributed by atoms with Crippen molar-refractivity contribution in [2.24, 2.45) is 12.5 Å². The molecule has 1 saturated heterocycles. The summed E-state index contributed by atoms with van der Waals surface area (Å²) in [4.78, 5) is 34.3. The molecule has 2 N–H and O–H groups in total. The number of benzene rings is 1. The molecule has 3 fully saturated rings. The highest BCUT2D eigenvalue weighted by Gasteiger charge is 2.57. The molecule has 2 aliphatic carbocycles. The molecule has 0 bridgehead atoms. The van der Waals surface area contributed by atoms with E-state index in [1.54, 1.807) is 25.5 Å². The average molecular weight is 543 g/mol. The van der Waals surface area contributed by atoms with Gasteiger partial charge in [-0.25, -0.2) is 4.98 Å². The Balaban J connectivity index is 1.15. The van der Waals surface area contributed by atoms with Crippen LogP contribution in [0.3, 0.4) is 0 Å². The van der Waals surface area contributed by atoms with Gasteiger partial charge in [0.1, 0.15) is 23.3 Å². The van der Waals surface area contributed by atoms with Crippen molar-refractivity contribution in [3.05, 3.63) is 66.1 Å². The van der Waals surface area contributed by atoms with Crippen LogP contribution in [0.5, 0.6) is 5.75 Å². The number of rotatable bonds is 6. The molecule has 2 atom stereocenters. The highest BCUT2D eigenvalue weighted by atomic mass is 16.5. The van der Waals surface area contributed by atoms with Gasteiger partial charge >= 0.3 is 0 Å². The summed E-state index contributed by atoms with van der Waals surface area (Å²) in [6.07, 6.45) is 8.55. The highest BCUT2D eigenvalue weighted by molar-refractivity contribution is 6.01. The third kappa shape index (κ3) is 4.40. The summed E-state index contributed by atoms with van der Waals surface area (Å²) in [5.74, 6) is 0.791. The summed E-state index contributed by atoms with van der Waals surface area (Å²) in [5.41, 5.74) is 1.72. The van der Waals surface area contributed by atoms with E-state index >= 15 is 0 Å². The topological polar surface area (TPSA) is 111 Å².